The Morgan fingerprint density at radius 3 is 2.89 bits per heavy atom. The van der Waals surface area contributed by atoms with Gasteiger partial charge in [0.2, 0.25) is 5.91 Å². The smallest absolute Gasteiger partial charge is 0.217 e. The second-order valence-corrected chi connectivity index (χ2v) is 10.0. The van der Waals surface area contributed by atoms with Gasteiger partial charge in [-0.2, -0.15) is 0 Å². The monoisotopic (exact) mass is 382 g/mol. The fourth-order valence-electron chi connectivity index (χ4n) is 7.34. The molecule has 150 valence electrons. The van der Waals surface area contributed by atoms with E-state index in [0.29, 0.717) is 17.7 Å². The van der Waals surface area contributed by atoms with Crippen molar-refractivity contribution in [2.75, 3.05) is 13.1 Å². The molecule has 1 spiro atoms. The van der Waals surface area contributed by atoms with Crippen molar-refractivity contribution >= 4 is 5.91 Å². The number of hydrogen-bond acceptors (Lipinski definition) is 4. The molecule has 6 rings (SSSR count). The lowest BCUT2D eigenvalue weighted by Crippen LogP contribution is -2.81. The fourth-order valence-corrected chi connectivity index (χ4v) is 7.34. The van der Waals surface area contributed by atoms with E-state index in [2.05, 4.69) is 23.2 Å². The van der Waals surface area contributed by atoms with Gasteiger partial charge in [0.1, 0.15) is 6.10 Å². The van der Waals surface area contributed by atoms with Gasteiger partial charge in [0.05, 0.1) is 11.0 Å². The number of amides is 1. The van der Waals surface area contributed by atoms with Gasteiger partial charge in [-0.05, 0) is 68.5 Å². The average Bonchev–Trinajstić information content (AvgIpc) is 3.38. The molecule has 3 aliphatic carbocycles. The first kappa shape index (κ1) is 17.1. The molecule has 2 saturated carbocycles. The Morgan fingerprint density at radius 2 is 2.14 bits per heavy atom. The minimum Gasteiger partial charge on any atom is -0.504 e. The number of hydrogen-bond donors (Lipinski definition) is 2. The summed E-state index contributed by atoms with van der Waals surface area (Å²) in [6, 6.07) is 4.22. The first-order chi connectivity index (χ1) is 13.5. The van der Waals surface area contributed by atoms with Crippen molar-refractivity contribution in [3.63, 3.8) is 0 Å². The second kappa shape index (κ2) is 5.44. The van der Waals surface area contributed by atoms with Gasteiger partial charge in [-0.3, -0.25) is 9.69 Å². The number of rotatable bonds is 3. The van der Waals surface area contributed by atoms with Gasteiger partial charge in [0, 0.05) is 25.1 Å². The lowest BCUT2D eigenvalue weighted by Gasteiger charge is -2.66. The summed E-state index contributed by atoms with van der Waals surface area (Å²) < 4.78 is 6.54. The number of phenolic OH excluding ortho intramolecular Hbond substituents is 1. The maximum Gasteiger partial charge on any atom is 0.217 e. The molecule has 2 bridgehead atoms. The zero-order chi connectivity index (χ0) is 19.3. The summed E-state index contributed by atoms with van der Waals surface area (Å²) in [5.74, 6) is 2.25. The Kier molecular flexibility index (Phi) is 3.33. The number of aromatic hydroxyl groups is 1. The summed E-state index contributed by atoms with van der Waals surface area (Å²) in [4.78, 5) is 15.2. The first-order valence-corrected chi connectivity index (χ1v) is 11.0. The highest BCUT2D eigenvalue weighted by Gasteiger charge is 2.73. The Hall–Kier alpha value is -1.75. The molecule has 0 aromatic heterocycles. The lowest BCUT2D eigenvalue weighted by atomic mass is 9.46. The normalized spacial score (nSPS) is 40.6. The zero-order valence-electron chi connectivity index (χ0n) is 16.8. The summed E-state index contributed by atoms with van der Waals surface area (Å²) in [6.45, 7) is 6.15. The van der Waals surface area contributed by atoms with Gasteiger partial charge in [0.25, 0.3) is 0 Å². The highest BCUT2D eigenvalue weighted by Crippen LogP contribution is 2.66. The van der Waals surface area contributed by atoms with Crippen molar-refractivity contribution < 1.29 is 14.6 Å². The Labute approximate surface area is 166 Å². The van der Waals surface area contributed by atoms with Crippen LogP contribution in [0.3, 0.4) is 0 Å². The van der Waals surface area contributed by atoms with Crippen LogP contribution in [0.2, 0.25) is 0 Å². The predicted octanol–water partition coefficient (Wildman–Crippen LogP) is 2.74. The molecule has 5 nitrogen and oxygen atoms in total. The molecule has 1 saturated heterocycles. The van der Waals surface area contributed by atoms with Crippen LogP contribution in [0.5, 0.6) is 11.5 Å². The minimum absolute atomic E-state index is 0.0287. The summed E-state index contributed by atoms with van der Waals surface area (Å²) >= 11 is 0. The molecule has 2 aliphatic heterocycles. The molecule has 5 heteroatoms. The van der Waals surface area contributed by atoms with E-state index in [9.17, 15) is 9.90 Å². The Bertz CT molecular complexity index is 866. The molecule has 1 aromatic rings. The zero-order valence-corrected chi connectivity index (χ0v) is 16.8. The van der Waals surface area contributed by atoms with Crippen LogP contribution in [0.1, 0.15) is 57.1 Å². The van der Waals surface area contributed by atoms with Crippen molar-refractivity contribution in [1.29, 1.82) is 0 Å². The molecule has 1 aromatic carbocycles. The molecule has 28 heavy (non-hydrogen) atoms. The highest BCUT2D eigenvalue weighted by molar-refractivity contribution is 5.76. The number of piperidine rings is 1. The van der Waals surface area contributed by atoms with Crippen LogP contribution in [-0.2, 0) is 16.6 Å². The van der Waals surface area contributed by atoms with E-state index in [1.807, 2.05) is 0 Å². The molecule has 5 atom stereocenters. The molecule has 1 unspecified atom stereocenters. The van der Waals surface area contributed by atoms with Crippen LogP contribution in [0.15, 0.2) is 12.1 Å². The van der Waals surface area contributed by atoms with Gasteiger partial charge in [-0.1, -0.05) is 13.0 Å². The number of carbonyl (C=O) groups is 1. The van der Waals surface area contributed by atoms with Crippen molar-refractivity contribution in [3.8, 4) is 11.5 Å². The molecular formula is C23H30N2O3. The minimum atomic E-state index is -0.296. The van der Waals surface area contributed by atoms with E-state index >= 15 is 0 Å². The van der Waals surface area contributed by atoms with Crippen molar-refractivity contribution in [1.82, 2.24) is 10.2 Å². The Morgan fingerprint density at radius 1 is 1.32 bits per heavy atom. The lowest BCUT2D eigenvalue weighted by molar-refractivity contribution is -0.137. The Balaban J connectivity index is 1.59. The van der Waals surface area contributed by atoms with E-state index in [4.69, 9.17) is 4.74 Å². The van der Waals surface area contributed by atoms with E-state index < -0.39 is 0 Å². The topological polar surface area (TPSA) is 61.8 Å². The fraction of sp³-hybridized carbons (Fsp3) is 0.696. The summed E-state index contributed by atoms with van der Waals surface area (Å²) in [7, 11) is 0. The first-order valence-electron chi connectivity index (χ1n) is 11.0. The van der Waals surface area contributed by atoms with Crippen LogP contribution in [0.4, 0.5) is 0 Å². The number of carbonyl (C=O) groups excluding carboxylic acids is 1. The van der Waals surface area contributed by atoms with Gasteiger partial charge in [-0.15, -0.1) is 0 Å². The maximum absolute atomic E-state index is 12.5. The molecule has 2 heterocycles. The van der Waals surface area contributed by atoms with Crippen LogP contribution in [-0.4, -0.2) is 46.7 Å². The molecule has 3 fully saturated rings. The highest BCUT2D eigenvalue weighted by atomic mass is 16.5. The van der Waals surface area contributed by atoms with Crippen molar-refractivity contribution in [2.45, 2.75) is 75.5 Å². The van der Waals surface area contributed by atoms with Gasteiger partial charge in [-0.25, -0.2) is 0 Å². The molecule has 2 N–H and O–H groups in total. The largest absolute Gasteiger partial charge is 0.504 e. The van der Waals surface area contributed by atoms with Crippen LogP contribution in [0.25, 0.3) is 0 Å². The van der Waals surface area contributed by atoms with Crippen LogP contribution < -0.4 is 10.1 Å². The molecule has 1 amide bonds. The number of ether oxygens (including phenoxy) is 1. The second-order valence-electron chi connectivity index (χ2n) is 10.0. The molecule has 0 radical (unpaired) electrons. The van der Waals surface area contributed by atoms with E-state index in [-0.39, 0.29) is 28.7 Å². The summed E-state index contributed by atoms with van der Waals surface area (Å²) in [5, 5.41) is 14.1. The standard InChI is InChI=1S/C23H30N2O3/c1-13-7-8-23(24-14(2)26)18-11-16-5-6-17(27)20-19(16)22(23,21(13)28-20)9-10-25(18)12-15-3-4-15/h5-6,13,15,18,21,27H,3-4,7-12H2,1-2H3,(H,24,26)/t13-,18-,21?,22+,23-/m1/s1. The van der Waals surface area contributed by atoms with E-state index in [1.54, 1.807) is 13.0 Å². The third-order valence-corrected chi connectivity index (χ3v) is 8.51. The SMILES string of the molecule is CC(=O)N[C@@]12CC[C@@H](C)C3Oc4c(O)ccc5c4[C@@]31CCN(CC1CC1)[C@@H]2C5. The maximum atomic E-state index is 12.5. The third kappa shape index (κ3) is 1.94. The quantitative estimate of drug-likeness (QED) is 0.844. The number of likely N-dealkylation sites (tertiary alicyclic amines) is 1. The number of benzene rings is 1. The van der Waals surface area contributed by atoms with Crippen LogP contribution in [0, 0.1) is 11.8 Å². The van der Waals surface area contributed by atoms with E-state index in [1.165, 1.54) is 24.0 Å². The average molecular weight is 383 g/mol. The molecular weight excluding hydrogens is 352 g/mol. The van der Waals surface area contributed by atoms with Gasteiger partial charge < -0.3 is 15.2 Å². The van der Waals surface area contributed by atoms with Gasteiger partial charge >= 0.3 is 0 Å². The van der Waals surface area contributed by atoms with Crippen molar-refractivity contribution in [2.24, 2.45) is 11.8 Å². The molecule has 5 aliphatic rings. The van der Waals surface area contributed by atoms with Crippen molar-refractivity contribution in [3.05, 3.63) is 23.3 Å². The van der Waals surface area contributed by atoms with Crippen LogP contribution >= 0.6 is 0 Å². The van der Waals surface area contributed by atoms with Gasteiger partial charge in [0.15, 0.2) is 11.5 Å². The number of nitrogens with zero attached hydrogens (tertiary/aromatic N) is 1. The third-order valence-electron chi connectivity index (χ3n) is 8.51. The summed E-state index contributed by atoms with van der Waals surface area (Å²) in [5.41, 5.74) is 2.01. The summed E-state index contributed by atoms with van der Waals surface area (Å²) in [6.07, 6.45) is 6.69. The number of nitrogens with one attached hydrogen (secondary N) is 1. The van der Waals surface area contributed by atoms with E-state index in [0.717, 1.165) is 44.7 Å². The number of phenols is 1. The predicted molar refractivity (Wildman–Crippen MR) is 106 cm³/mol.